The number of nitrogens with one attached hydrogen (secondary N) is 1. The molecule has 26 heavy (non-hydrogen) atoms. The van der Waals surface area contributed by atoms with E-state index in [9.17, 15) is 13.6 Å². The number of nitrogens with zero attached hydrogens (tertiary/aromatic N) is 2. The zero-order valence-electron chi connectivity index (χ0n) is 13.5. The second-order valence-electron chi connectivity index (χ2n) is 5.76. The Kier molecular flexibility index (Phi) is 3.93. The average molecular weight is 349 g/mol. The number of imidazole rings is 1. The highest BCUT2D eigenvalue weighted by molar-refractivity contribution is 6.04. The van der Waals surface area contributed by atoms with E-state index in [0.29, 0.717) is 5.69 Å². The van der Waals surface area contributed by atoms with Gasteiger partial charge < -0.3 is 9.72 Å². The first kappa shape index (κ1) is 16.0. The van der Waals surface area contributed by atoms with Gasteiger partial charge in [-0.05, 0) is 42.5 Å². The van der Waals surface area contributed by atoms with E-state index in [1.165, 1.54) is 6.07 Å². The molecule has 0 unspecified atom stereocenters. The van der Waals surface area contributed by atoms with Crippen molar-refractivity contribution in [3.05, 3.63) is 90.3 Å². The first-order chi connectivity index (χ1) is 12.6. The molecule has 1 N–H and O–H groups in total. The second kappa shape index (κ2) is 6.40. The predicted molar refractivity (Wildman–Crippen MR) is 94.9 cm³/mol. The fourth-order valence-corrected chi connectivity index (χ4v) is 2.67. The minimum atomic E-state index is -1.06. The number of anilines is 1. The molecule has 0 atom stereocenters. The number of hydrogen-bond donors (Lipinski definition) is 1. The fourth-order valence-electron chi connectivity index (χ4n) is 2.67. The third kappa shape index (κ3) is 3.04. The molecule has 2 heterocycles. The molecule has 2 aromatic carbocycles. The largest absolute Gasteiger partial charge is 0.322 e. The second-order valence-corrected chi connectivity index (χ2v) is 5.76. The van der Waals surface area contributed by atoms with Gasteiger partial charge in [-0.15, -0.1) is 0 Å². The summed E-state index contributed by atoms with van der Waals surface area (Å²) in [4.78, 5) is 16.8. The minimum Gasteiger partial charge on any atom is -0.322 e. The van der Waals surface area contributed by atoms with E-state index in [2.05, 4.69) is 10.3 Å². The molecule has 1 amide bonds. The van der Waals surface area contributed by atoms with E-state index >= 15 is 0 Å². The highest BCUT2D eigenvalue weighted by Crippen LogP contribution is 2.23. The summed E-state index contributed by atoms with van der Waals surface area (Å²) in [6.45, 7) is 0. The van der Waals surface area contributed by atoms with Crippen LogP contribution in [0, 0.1) is 11.6 Å². The average Bonchev–Trinajstić information content (AvgIpc) is 3.08. The molecule has 4 aromatic rings. The first-order valence-electron chi connectivity index (χ1n) is 7.91. The highest BCUT2D eigenvalue weighted by Gasteiger charge is 2.11. The molecular formula is C20H13F2N3O. The summed E-state index contributed by atoms with van der Waals surface area (Å²) >= 11 is 0. The Morgan fingerprint density at radius 3 is 2.65 bits per heavy atom. The van der Waals surface area contributed by atoms with Gasteiger partial charge in [-0.1, -0.05) is 18.2 Å². The van der Waals surface area contributed by atoms with Crippen molar-refractivity contribution in [1.82, 2.24) is 9.38 Å². The molecule has 0 spiro atoms. The number of halogens is 2. The molecule has 6 heteroatoms. The van der Waals surface area contributed by atoms with Crippen LogP contribution in [0.4, 0.5) is 14.5 Å². The van der Waals surface area contributed by atoms with E-state index in [1.54, 1.807) is 18.2 Å². The third-order valence-corrected chi connectivity index (χ3v) is 3.96. The molecular weight excluding hydrogens is 336 g/mol. The lowest BCUT2D eigenvalue weighted by Gasteiger charge is -2.07. The number of amides is 1. The number of carbonyl (C=O) groups is 1. The van der Waals surface area contributed by atoms with E-state index in [1.807, 2.05) is 41.1 Å². The van der Waals surface area contributed by atoms with Crippen LogP contribution >= 0.6 is 0 Å². The molecule has 0 aliphatic carbocycles. The van der Waals surface area contributed by atoms with Crippen LogP contribution in [0.25, 0.3) is 16.9 Å². The summed E-state index contributed by atoms with van der Waals surface area (Å²) < 4.78 is 28.2. The lowest BCUT2D eigenvalue weighted by Crippen LogP contribution is -2.12. The summed E-state index contributed by atoms with van der Waals surface area (Å²) in [6, 6.07) is 15.9. The molecule has 4 nitrogen and oxygen atoms in total. The van der Waals surface area contributed by atoms with Gasteiger partial charge in [0.1, 0.15) is 5.65 Å². The van der Waals surface area contributed by atoms with Crippen molar-refractivity contribution in [2.24, 2.45) is 0 Å². The molecule has 0 aliphatic heterocycles. The van der Waals surface area contributed by atoms with Crippen LogP contribution < -0.4 is 5.32 Å². The van der Waals surface area contributed by atoms with E-state index in [0.717, 1.165) is 29.0 Å². The monoisotopic (exact) mass is 349 g/mol. The van der Waals surface area contributed by atoms with Gasteiger partial charge in [0.05, 0.1) is 5.69 Å². The number of carbonyl (C=O) groups excluding carboxylic acids is 1. The summed E-state index contributed by atoms with van der Waals surface area (Å²) in [5.41, 5.74) is 2.99. The molecule has 0 radical (unpaired) electrons. The molecule has 0 bridgehead atoms. The predicted octanol–water partition coefficient (Wildman–Crippen LogP) is 4.53. The Labute approximate surface area is 147 Å². The molecule has 4 rings (SSSR count). The normalized spacial score (nSPS) is 10.8. The molecule has 0 saturated heterocycles. The molecule has 0 aliphatic rings. The van der Waals surface area contributed by atoms with Crippen molar-refractivity contribution in [3.63, 3.8) is 0 Å². The summed E-state index contributed by atoms with van der Waals surface area (Å²) in [6.07, 6.45) is 3.80. The SMILES string of the molecule is O=C(Nc1cccc(-c2cn3ccccc3n2)c1)c1ccc(F)c(F)c1. The summed E-state index contributed by atoms with van der Waals surface area (Å²) in [7, 11) is 0. The molecule has 2 aromatic heterocycles. The number of hydrogen-bond acceptors (Lipinski definition) is 2. The maximum absolute atomic E-state index is 13.3. The number of fused-ring (bicyclic) bond motifs is 1. The lowest BCUT2D eigenvalue weighted by molar-refractivity contribution is 0.102. The zero-order valence-corrected chi connectivity index (χ0v) is 13.5. The van der Waals surface area contributed by atoms with Gasteiger partial charge in [-0.3, -0.25) is 4.79 Å². The van der Waals surface area contributed by atoms with Crippen molar-refractivity contribution in [2.75, 3.05) is 5.32 Å². The summed E-state index contributed by atoms with van der Waals surface area (Å²) in [5, 5.41) is 2.69. The van der Waals surface area contributed by atoms with Gasteiger partial charge >= 0.3 is 0 Å². The van der Waals surface area contributed by atoms with Crippen molar-refractivity contribution in [3.8, 4) is 11.3 Å². The standard InChI is InChI=1S/C20H13F2N3O/c21-16-8-7-14(11-17(16)22)20(26)23-15-5-3-4-13(10-15)18-12-25-9-2-1-6-19(25)24-18/h1-12H,(H,23,26). The zero-order chi connectivity index (χ0) is 18.1. The lowest BCUT2D eigenvalue weighted by atomic mass is 10.1. The number of pyridine rings is 1. The van der Waals surface area contributed by atoms with Crippen molar-refractivity contribution < 1.29 is 13.6 Å². The number of aromatic nitrogens is 2. The molecule has 0 fully saturated rings. The maximum atomic E-state index is 13.3. The Morgan fingerprint density at radius 1 is 0.962 bits per heavy atom. The first-order valence-corrected chi connectivity index (χ1v) is 7.91. The Hall–Kier alpha value is -3.54. The Balaban J connectivity index is 1.61. The van der Waals surface area contributed by atoms with Crippen molar-refractivity contribution in [2.45, 2.75) is 0 Å². The van der Waals surface area contributed by atoms with E-state index in [-0.39, 0.29) is 5.56 Å². The van der Waals surface area contributed by atoms with Crippen LogP contribution in [0.3, 0.4) is 0 Å². The Morgan fingerprint density at radius 2 is 1.85 bits per heavy atom. The molecule has 0 saturated carbocycles. The number of rotatable bonds is 3. The Bertz CT molecular complexity index is 1090. The van der Waals surface area contributed by atoms with Gasteiger partial charge in [0.25, 0.3) is 5.91 Å². The smallest absolute Gasteiger partial charge is 0.255 e. The highest BCUT2D eigenvalue weighted by atomic mass is 19.2. The van der Waals surface area contributed by atoms with Crippen LogP contribution in [0.15, 0.2) is 73.1 Å². The molecule has 128 valence electrons. The minimum absolute atomic E-state index is 0.0435. The van der Waals surface area contributed by atoms with Gasteiger partial charge in [-0.25, -0.2) is 13.8 Å². The van der Waals surface area contributed by atoms with Crippen LogP contribution in [0.5, 0.6) is 0 Å². The quantitative estimate of drug-likeness (QED) is 0.591. The van der Waals surface area contributed by atoms with E-state index < -0.39 is 17.5 Å². The maximum Gasteiger partial charge on any atom is 0.255 e. The van der Waals surface area contributed by atoms with Crippen molar-refractivity contribution >= 4 is 17.2 Å². The summed E-state index contributed by atoms with van der Waals surface area (Å²) in [5.74, 6) is -2.57. The number of benzene rings is 2. The third-order valence-electron chi connectivity index (χ3n) is 3.96. The van der Waals surface area contributed by atoms with Crippen LogP contribution in [-0.4, -0.2) is 15.3 Å². The topological polar surface area (TPSA) is 46.4 Å². The van der Waals surface area contributed by atoms with Crippen LogP contribution in [0.2, 0.25) is 0 Å². The van der Waals surface area contributed by atoms with Crippen LogP contribution in [-0.2, 0) is 0 Å². The van der Waals surface area contributed by atoms with Gasteiger partial charge in [0, 0.05) is 29.2 Å². The fraction of sp³-hybridized carbons (Fsp3) is 0. The van der Waals surface area contributed by atoms with Gasteiger partial charge in [0.15, 0.2) is 11.6 Å². The van der Waals surface area contributed by atoms with Crippen LogP contribution in [0.1, 0.15) is 10.4 Å². The van der Waals surface area contributed by atoms with E-state index in [4.69, 9.17) is 0 Å². The van der Waals surface area contributed by atoms with Gasteiger partial charge in [0.2, 0.25) is 0 Å². The van der Waals surface area contributed by atoms with Gasteiger partial charge in [-0.2, -0.15) is 0 Å². The van der Waals surface area contributed by atoms with Crippen molar-refractivity contribution in [1.29, 1.82) is 0 Å².